The molecule has 0 N–H and O–H groups in total. The van der Waals surface area contributed by atoms with Crippen molar-refractivity contribution < 1.29 is 8.42 Å². The lowest BCUT2D eigenvalue weighted by Gasteiger charge is -2.36. The second-order valence-electron chi connectivity index (χ2n) is 6.73. The molecule has 2 aromatic carbocycles. The molecule has 0 spiro atoms. The van der Waals surface area contributed by atoms with E-state index >= 15 is 0 Å². The fraction of sp³-hybridized carbons (Fsp3) is 0.238. The van der Waals surface area contributed by atoms with Crippen molar-refractivity contribution in [1.82, 2.24) is 8.87 Å². The van der Waals surface area contributed by atoms with Gasteiger partial charge in [0, 0.05) is 25.0 Å². The molecule has 1 aliphatic heterocycles. The van der Waals surface area contributed by atoms with Gasteiger partial charge in [-0.3, -0.25) is 0 Å². The van der Waals surface area contributed by atoms with E-state index in [1.807, 2.05) is 79.9 Å². The second kappa shape index (κ2) is 6.74. The Bertz CT molecular complexity index is 1010. The second-order valence-corrected chi connectivity index (χ2v) is 8.65. The molecule has 0 amide bonds. The lowest BCUT2D eigenvalue weighted by atomic mass is 10.0. The molecule has 1 atom stereocenters. The van der Waals surface area contributed by atoms with E-state index in [1.54, 1.807) is 4.31 Å². The standard InChI is InChI=1S/C21H22N2O2S/c1-17-8-5-6-11-19(17)16-26(24,25)23-15-14-22-13-7-12-20(22)21(23)18-9-3-2-4-10-18/h2-13,21H,14-16H2,1H3. The molecule has 3 aromatic rings. The zero-order valence-electron chi connectivity index (χ0n) is 14.7. The third kappa shape index (κ3) is 3.08. The minimum Gasteiger partial charge on any atom is -0.348 e. The van der Waals surface area contributed by atoms with E-state index in [1.165, 1.54) is 0 Å². The van der Waals surface area contributed by atoms with Crippen molar-refractivity contribution in [3.8, 4) is 0 Å². The highest BCUT2D eigenvalue weighted by Crippen LogP contribution is 2.35. The van der Waals surface area contributed by atoms with Crippen molar-refractivity contribution >= 4 is 10.0 Å². The number of nitrogens with zero attached hydrogens (tertiary/aromatic N) is 2. The maximum atomic E-state index is 13.3. The lowest BCUT2D eigenvalue weighted by molar-refractivity contribution is 0.298. The average molecular weight is 366 g/mol. The molecular formula is C21H22N2O2S. The monoisotopic (exact) mass is 366 g/mol. The summed E-state index contributed by atoms with van der Waals surface area (Å²) in [4.78, 5) is 0. The van der Waals surface area contributed by atoms with Crippen LogP contribution in [0.1, 0.15) is 28.4 Å². The molecule has 134 valence electrons. The molecule has 0 bridgehead atoms. The van der Waals surface area contributed by atoms with Crippen molar-refractivity contribution in [2.75, 3.05) is 6.54 Å². The minimum absolute atomic E-state index is 0.0315. The highest BCUT2D eigenvalue weighted by molar-refractivity contribution is 7.88. The first-order valence-corrected chi connectivity index (χ1v) is 10.4. The summed E-state index contributed by atoms with van der Waals surface area (Å²) in [5.41, 5.74) is 3.89. The number of rotatable bonds is 4. The molecule has 2 heterocycles. The summed E-state index contributed by atoms with van der Waals surface area (Å²) in [6, 6.07) is 21.3. The van der Waals surface area contributed by atoms with E-state index in [4.69, 9.17) is 0 Å². The SMILES string of the molecule is Cc1ccccc1CS(=O)(=O)N1CCn2cccc2C1c1ccccc1. The first kappa shape index (κ1) is 17.1. The summed E-state index contributed by atoms with van der Waals surface area (Å²) < 4.78 is 30.5. The van der Waals surface area contributed by atoms with Crippen LogP contribution in [0.15, 0.2) is 72.9 Å². The van der Waals surface area contributed by atoms with Crippen LogP contribution in [0.5, 0.6) is 0 Å². The number of aryl methyl sites for hydroxylation is 1. The van der Waals surface area contributed by atoms with E-state index in [2.05, 4.69) is 4.57 Å². The van der Waals surface area contributed by atoms with Crippen molar-refractivity contribution in [2.45, 2.75) is 25.3 Å². The van der Waals surface area contributed by atoms with Crippen molar-refractivity contribution in [2.24, 2.45) is 0 Å². The van der Waals surface area contributed by atoms with Gasteiger partial charge in [0.15, 0.2) is 0 Å². The Hall–Kier alpha value is -2.37. The largest absolute Gasteiger partial charge is 0.348 e. The molecule has 0 saturated heterocycles. The molecule has 1 aromatic heterocycles. The van der Waals surface area contributed by atoms with Gasteiger partial charge in [-0.1, -0.05) is 54.6 Å². The molecule has 5 heteroatoms. The molecule has 0 fully saturated rings. The van der Waals surface area contributed by atoms with Gasteiger partial charge in [-0.2, -0.15) is 4.31 Å². The summed E-state index contributed by atoms with van der Waals surface area (Å²) in [6.45, 7) is 3.12. The summed E-state index contributed by atoms with van der Waals surface area (Å²) in [5, 5.41) is 0. The summed E-state index contributed by atoms with van der Waals surface area (Å²) in [5.74, 6) is 0.0315. The summed E-state index contributed by atoms with van der Waals surface area (Å²) >= 11 is 0. The minimum atomic E-state index is -3.46. The van der Waals surface area contributed by atoms with Gasteiger partial charge in [-0.25, -0.2) is 8.42 Å². The fourth-order valence-electron chi connectivity index (χ4n) is 3.69. The molecule has 0 radical (unpaired) electrons. The highest BCUT2D eigenvalue weighted by atomic mass is 32.2. The van der Waals surface area contributed by atoms with Crippen molar-refractivity contribution in [1.29, 1.82) is 0 Å². The third-order valence-corrected chi connectivity index (χ3v) is 6.85. The van der Waals surface area contributed by atoms with Gasteiger partial charge in [0.2, 0.25) is 10.0 Å². The van der Waals surface area contributed by atoms with Crippen LogP contribution < -0.4 is 0 Å². The van der Waals surface area contributed by atoms with E-state index < -0.39 is 10.0 Å². The van der Waals surface area contributed by atoms with Crippen LogP contribution in [0, 0.1) is 6.92 Å². The number of hydrogen-bond acceptors (Lipinski definition) is 2. The fourth-order valence-corrected chi connectivity index (χ4v) is 5.48. The van der Waals surface area contributed by atoms with E-state index in [9.17, 15) is 8.42 Å². The Kier molecular flexibility index (Phi) is 4.42. The maximum absolute atomic E-state index is 13.3. The van der Waals surface area contributed by atoms with Gasteiger partial charge in [0.25, 0.3) is 0 Å². The maximum Gasteiger partial charge on any atom is 0.219 e. The predicted octanol–water partition coefficient (Wildman–Crippen LogP) is 3.73. The van der Waals surface area contributed by atoms with Gasteiger partial charge >= 0.3 is 0 Å². The number of hydrogen-bond donors (Lipinski definition) is 0. The molecule has 26 heavy (non-hydrogen) atoms. The van der Waals surface area contributed by atoms with Crippen LogP contribution in [-0.4, -0.2) is 23.8 Å². The Morgan fingerprint density at radius 2 is 1.65 bits per heavy atom. The van der Waals surface area contributed by atoms with Crippen LogP contribution in [0.2, 0.25) is 0 Å². The average Bonchev–Trinajstić information content (AvgIpc) is 3.12. The summed E-state index contributed by atoms with van der Waals surface area (Å²) in [6.07, 6.45) is 2.02. The van der Waals surface area contributed by atoms with E-state index in [0.29, 0.717) is 13.1 Å². The lowest BCUT2D eigenvalue weighted by Crippen LogP contribution is -2.42. The Labute approximate surface area is 154 Å². The van der Waals surface area contributed by atoms with Gasteiger partial charge in [-0.15, -0.1) is 0 Å². The molecule has 0 saturated carbocycles. The predicted molar refractivity (Wildman–Crippen MR) is 103 cm³/mol. The zero-order valence-corrected chi connectivity index (χ0v) is 15.6. The molecule has 1 aliphatic rings. The number of fused-ring (bicyclic) bond motifs is 1. The third-order valence-electron chi connectivity index (χ3n) is 5.07. The van der Waals surface area contributed by atoms with Gasteiger partial charge in [0.1, 0.15) is 0 Å². The highest BCUT2D eigenvalue weighted by Gasteiger charge is 2.36. The number of aromatic nitrogens is 1. The van der Waals surface area contributed by atoms with Gasteiger partial charge in [0.05, 0.1) is 11.8 Å². The quantitative estimate of drug-likeness (QED) is 0.706. The van der Waals surface area contributed by atoms with Gasteiger partial charge < -0.3 is 4.57 Å². The van der Waals surface area contributed by atoms with Crippen LogP contribution in [0.3, 0.4) is 0 Å². The van der Waals surface area contributed by atoms with Crippen LogP contribution in [0.4, 0.5) is 0 Å². The molecule has 0 aliphatic carbocycles. The first-order chi connectivity index (χ1) is 12.6. The van der Waals surface area contributed by atoms with Crippen LogP contribution in [-0.2, 0) is 22.3 Å². The zero-order chi connectivity index (χ0) is 18.1. The molecular weight excluding hydrogens is 344 g/mol. The number of benzene rings is 2. The van der Waals surface area contributed by atoms with E-state index in [0.717, 1.165) is 22.4 Å². The van der Waals surface area contributed by atoms with Crippen LogP contribution in [0.25, 0.3) is 0 Å². The molecule has 4 nitrogen and oxygen atoms in total. The number of sulfonamides is 1. The Morgan fingerprint density at radius 1 is 0.923 bits per heavy atom. The van der Waals surface area contributed by atoms with E-state index in [-0.39, 0.29) is 11.8 Å². The Balaban J connectivity index is 1.75. The first-order valence-electron chi connectivity index (χ1n) is 8.80. The van der Waals surface area contributed by atoms with Crippen molar-refractivity contribution in [3.63, 3.8) is 0 Å². The normalized spacial score (nSPS) is 17.8. The topological polar surface area (TPSA) is 42.3 Å². The molecule has 4 rings (SSSR count). The van der Waals surface area contributed by atoms with Gasteiger partial charge in [-0.05, 0) is 35.7 Å². The Morgan fingerprint density at radius 3 is 2.42 bits per heavy atom. The van der Waals surface area contributed by atoms with Crippen molar-refractivity contribution in [3.05, 3.63) is 95.3 Å². The summed E-state index contributed by atoms with van der Waals surface area (Å²) in [7, 11) is -3.46. The smallest absolute Gasteiger partial charge is 0.219 e. The van der Waals surface area contributed by atoms with Crippen LogP contribution >= 0.6 is 0 Å². The molecule has 1 unspecified atom stereocenters.